The molecule has 0 aromatic heterocycles. The molecule has 0 spiro atoms. The van der Waals surface area contributed by atoms with Crippen LogP contribution in [0.1, 0.15) is 45.6 Å². The number of carbonyl (C=O) groups is 1. The summed E-state index contributed by atoms with van der Waals surface area (Å²) in [5, 5.41) is 0. The molecule has 3 heteroatoms. The van der Waals surface area contributed by atoms with E-state index in [9.17, 15) is 4.79 Å². The lowest BCUT2D eigenvalue weighted by atomic mass is 10.1. The number of amides is 1. The predicted molar refractivity (Wildman–Crippen MR) is 87.0 cm³/mol. The highest BCUT2D eigenvalue weighted by Crippen LogP contribution is 2.20. The minimum atomic E-state index is 0.329. The summed E-state index contributed by atoms with van der Waals surface area (Å²) in [5.41, 5.74) is 1.35. The molecule has 1 aromatic rings. The highest BCUT2D eigenvalue weighted by Gasteiger charge is 2.31. The third-order valence-electron chi connectivity index (χ3n) is 4.41. The van der Waals surface area contributed by atoms with Gasteiger partial charge in [0, 0.05) is 38.1 Å². The van der Waals surface area contributed by atoms with Crippen molar-refractivity contribution in [3.63, 3.8) is 0 Å². The standard InChI is InChI=1S/C18H28N2O/c1-4-5-11-18(21)19-12-15(2)20(16(3)13-19)14-17-9-7-6-8-10-17/h6-10,15-16H,4-5,11-14H2,1-3H3. The van der Waals surface area contributed by atoms with Gasteiger partial charge >= 0.3 is 0 Å². The quantitative estimate of drug-likeness (QED) is 0.830. The van der Waals surface area contributed by atoms with Gasteiger partial charge in [-0.1, -0.05) is 43.7 Å². The van der Waals surface area contributed by atoms with Gasteiger partial charge in [-0.3, -0.25) is 9.69 Å². The first kappa shape index (κ1) is 16.0. The van der Waals surface area contributed by atoms with Gasteiger partial charge < -0.3 is 4.90 Å². The Hall–Kier alpha value is -1.35. The van der Waals surface area contributed by atoms with E-state index in [1.165, 1.54) is 5.56 Å². The molecular weight excluding hydrogens is 260 g/mol. The fourth-order valence-electron chi connectivity index (χ4n) is 3.15. The van der Waals surface area contributed by atoms with Crippen LogP contribution in [0.3, 0.4) is 0 Å². The second kappa shape index (κ2) is 7.60. The van der Waals surface area contributed by atoms with Crippen LogP contribution >= 0.6 is 0 Å². The fraction of sp³-hybridized carbons (Fsp3) is 0.611. The van der Waals surface area contributed by atoms with E-state index in [-0.39, 0.29) is 0 Å². The minimum absolute atomic E-state index is 0.329. The molecule has 21 heavy (non-hydrogen) atoms. The second-order valence-electron chi connectivity index (χ2n) is 6.26. The van der Waals surface area contributed by atoms with Crippen molar-refractivity contribution < 1.29 is 4.79 Å². The van der Waals surface area contributed by atoms with Crippen LogP contribution in [0.25, 0.3) is 0 Å². The molecule has 0 saturated carbocycles. The third kappa shape index (κ3) is 4.31. The van der Waals surface area contributed by atoms with Crippen molar-refractivity contribution >= 4 is 5.91 Å². The van der Waals surface area contributed by atoms with E-state index in [1.54, 1.807) is 0 Å². The SMILES string of the molecule is CCCCC(=O)N1CC(C)N(Cc2ccccc2)C(C)C1. The number of unbranched alkanes of at least 4 members (excludes halogenated alkanes) is 1. The number of hydrogen-bond donors (Lipinski definition) is 0. The molecule has 3 nitrogen and oxygen atoms in total. The van der Waals surface area contributed by atoms with Crippen molar-refractivity contribution in [1.82, 2.24) is 9.80 Å². The maximum atomic E-state index is 12.2. The van der Waals surface area contributed by atoms with Crippen molar-refractivity contribution in [2.24, 2.45) is 0 Å². The third-order valence-corrected chi connectivity index (χ3v) is 4.41. The summed E-state index contributed by atoms with van der Waals surface area (Å²) in [6.45, 7) is 9.30. The van der Waals surface area contributed by atoms with E-state index < -0.39 is 0 Å². The second-order valence-corrected chi connectivity index (χ2v) is 6.26. The van der Waals surface area contributed by atoms with Crippen LogP contribution in [0, 0.1) is 0 Å². The van der Waals surface area contributed by atoms with Crippen LogP contribution in [0.15, 0.2) is 30.3 Å². The molecule has 0 aliphatic carbocycles. The molecule has 0 bridgehead atoms. The molecule has 116 valence electrons. The van der Waals surface area contributed by atoms with Crippen molar-refractivity contribution in [2.45, 2.75) is 58.7 Å². The number of carbonyl (C=O) groups excluding carboxylic acids is 1. The van der Waals surface area contributed by atoms with Crippen molar-refractivity contribution in [2.75, 3.05) is 13.1 Å². The first-order valence-corrected chi connectivity index (χ1v) is 8.19. The first-order valence-electron chi connectivity index (χ1n) is 8.19. The first-order chi connectivity index (χ1) is 10.1. The molecule has 1 aliphatic heterocycles. The molecular formula is C18H28N2O. The van der Waals surface area contributed by atoms with Crippen LogP contribution in [-0.2, 0) is 11.3 Å². The molecule has 1 aromatic carbocycles. The van der Waals surface area contributed by atoms with Gasteiger partial charge in [0.25, 0.3) is 0 Å². The smallest absolute Gasteiger partial charge is 0.222 e. The van der Waals surface area contributed by atoms with E-state index in [0.717, 1.165) is 32.5 Å². The number of benzene rings is 1. The summed E-state index contributed by atoms with van der Waals surface area (Å²) in [4.78, 5) is 16.8. The van der Waals surface area contributed by atoms with E-state index >= 15 is 0 Å². The van der Waals surface area contributed by atoms with Gasteiger partial charge in [0.1, 0.15) is 0 Å². The largest absolute Gasteiger partial charge is 0.340 e. The van der Waals surface area contributed by atoms with Gasteiger partial charge in [-0.2, -0.15) is 0 Å². The molecule has 1 amide bonds. The Morgan fingerprint density at radius 1 is 1.14 bits per heavy atom. The van der Waals surface area contributed by atoms with Crippen LogP contribution in [-0.4, -0.2) is 40.9 Å². The Labute approximate surface area is 128 Å². The molecule has 0 radical (unpaired) electrons. The molecule has 0 N–H and O–H groups in total. The Morgan fingerprint density at radius 2 is 1.76 bits per heavy atom. The Balaban J connectivity index is 1.94. The van der Waals surface area contributed by atoms with Gasteiger partial charge in [0.2, 0.25) is 5.91 Å². The summed E-state index contributed by atoms with van der Waals surface area (Å²) in [5.74, 6) is 0.329. The van der Waals surface area contributed by atoms with Crippen LogP contribution in [0.4, 0.5) is 0 Å². The number of rotatable bonds is 5. The maximum absolute atomic E-state index is 12.2. The zero-order valence-corrected chi connectivity index (χ0v) is 13.6. The predicted octanol–water partition coefficient (Wildman–Crippen LogP) is 3.30. The molecule has 1 saturated heterocycles. The molecule has 2 rings (SSSR count). The van der Waals surface area contributed by atoms with E-state index in [4.69, 9.17) is 0 Å². The van der Waals surface area contributed by atoms with Gasteiger partial charge in [0.15, 0.2) is 0 Å². The Kier molecular flexibility index (Phi) is 5.80. The molecule has 2 unspecified atom stereocenters. The zero-order valence-electron chi connectivity index (χ0n) is 13.6. The highest BCUT2D eigenvalue weighted by molar-refractivity contribution is 5.76. The van der Waals surface area contributed by atoms with E-state index in [2.05, 4.69) is 60.9 Å². The normalized spacial score (nSPS) is 23.3. The average molecular weight is 288 g/mol. The molecule has 1 fully saturated rings. The topological polar surface area (TPSA) is 23.6 Å². The lowest BCUT2D eigenvalue weighted by Gasteiger charge is -2.44. The van der Waals surface area contributed by atoms with Crippen molar-refractivity contribution in [1.29, 1.82) is 0 Å². The van der Waals surface area contributed by atoms with E-state index in [0.29, 0.717) is 24.4 Å². The van der Waals surface area contributed by atoms with Crippen molar-refractivity contribution in [3.05, 3.63) is 35.9 Å². The maximum Gasteiger partial charge on any atom is 0.222 e. The monoisotopic (exact) mass is 288 g/mol. The summed E-state index contributed by atoms with van der Waals surface area (Å²) in [6.07, 6.45) is 2.80. The van der Waals surface area contributed by atoms with Gasteiger partial charge in [-0.15, -0.1) is 0 Å². The van der Waals surface area contributed by atoms with E-state index in [1.807, 2.05) is 0 Å². The number of nitrogens with zero attached hydrogens (tertiary/aromatic N) is 2. The highest BCUT2D eigenvalue weighted by atomic mass is 16.2. The molecule has 1 aliphatic rings. The Bertz CT molecular complexity index is 434. The van der Waals surface area contributed by atoms with Crippen LogP contribution in [0.5, 0.6) is 0 Å². The summed E-state index contributed by atoms with van der Waals surface area (Å²) in [7, 11) is 0. The van der Waals surface area contributed by atoms with Gasteiger partial charge in [-0.05, 0) is 25.8 Å². The lowest BCUT2D eigenvalue weighted by molar-refractivity contribution is -0.135. The summed E-state index contributed by atoms with van der Waals surface area (Å²) >= 11 is 0. The molecule has 1 heterocycles. The average Bonchev–Trinajstić information content (AvgIpc) is 2.49. The van der Waals surface area contributed by atoms with Crippen LogP contribution in [0.2, 0.25) is 0 Å². The number of hydrogen-bond acceptors (Lipinski definition) is 2. The fourth-order valence-corrected chi connectivity index (χ4v) is 3.15. The summed E-state index contributed by atoms with van der Waals surface area (Å²) in [6, 6.07) is 11.4. The summed E-state index contributed by atoms with van der Waals surface area (Å²) < 4.78 is 0. The zero-order chi connectivity index (χ0) is 15.2. The number of piperazine rings is 1. The van der Waals surface area contributed by atoms with Crippen LogP contribution < -0.4 is 0 Å². The minimum Gasteiger partial charge on any atom is -0.340 e. The van der Waals surface area contributed by atoms with Gasteiger partial charge in [0.05, 0.1) is 0 Å². The Morgan fingerprint density at radius 3 is 2.33 bits per heavy atom. The van der Waals surface area contributed by atoms with Gasteiger partial charge in [-0.25, -0.2) is 0 Å². The lowest BCUT2D eigenvalue weighted by Crippen LogP contribution is -2.57. The van der Waals surface area contributed by atoms with Crippen molar-refractivity contribution in [3.8, 4) is 0 Å². The molecule has 2 atom stereocenters.